The summed E-state index contributed by atoms with van der Waals surface area (Å²) in [6.07, 6.45) is 0. The van der Waals surface area contributed by atoms with Gasteiger partial charge in [0.05, 0.1) is 0 Å². The summed E-state index contributed by atoms with van der Waals surface area (Å²) < 4.78 is 0. The first-order chi connectivity index (χ1) is 6.04. The minimum Gasteiger partial charge on any atom is -0.341 e. The van der Waals surface area contributed by atoms with E-state index in [1.807, 2.05) is 18.2 Å². The van der Waals surface area contributed by atoms with Gasteiger partial charge in [0.25, 0.3) is 0 Å². The molecule has 1 radical (unpaired) electrons. The zero-order chi connectivity index (χ0) is 10.3. The molecule has 0 aliphatic carbocycles. The standard InChI is InChI=1S/C9H11.C4H9.Y/c1-8(2)9-6-4-3-5-7-9;1-4(2)3;/h3-4,6-8H,1-2H3;4H,1H2,2-3H3;/q2*-1;. The van der Waals surface area contributed by atoms with Crippen molar-refractivity contribution in [3.63, 3.8) is 0 Å². The molecular weight excluding hydrogens is 245 g/mol. The zero-order valence-corrected chi connectivity index (χ0v) is 12.6. The monoisotopic (exact) mass is 265 g/mol. The molecule has 0 saturated carbocycles. The second-order valence-electron chi connectivity index (χ2n) is 3.89. The molecular formula is C13H20Y-2. The smallest absolute Gasteiger partial charge is 0 e. The molecule has 0 N–H and O–H groups in total. The molecule has 0 bridgehead atoms. The molecule has 0 atom stereocenters. The first-order valence-corrected chi connectivity index (χ1v) is 4.83. The Kier molecular flexibility index (Phi) is 11.8. The van der Waals surface area contributed by atoms with Gasteiger partial charge in [-0.1, -0.05) is 33.6 Å². The van der Waals surface area contributed by atoms with Gasteiger partial charge in [-0.2, -0.15) is 41.8 Å². The molecule has 1 rings (SSSR count). The third kappa shape index (κ3) is 10.4. The van der Waals surface area contributed by atoms with E-state index in [4.69, 9.17) is 0 Å². The summed E-state index contributed by atoms with van der Waals surface area (Å²) >= 11 is 0. The molecule has 1 aromatic rings. The van der Waals surface area contributed by atoms with Crippen molar-refractivity contribution in [2.24, 2.45) is 5.92 Å². The molecule has 0 spiro atoms. The fraction of sp³-hybridized carbons (Fsp3) is 0.462. The quantitative estimate of drug-likeness (QED) is 0.671. The third-order valence-electron chi connectivity index (χ3n) is 1.40. The van der Waals surface area contributed by atoms with E-state index >= 15 is 0 Å². The van der Waals surface area contributed by atoms with Gasteiger partial charge < -0.3 is 6.92 Å². The van der Waals surface area contributed by atoms with E-state index in [2.05, 4.69) is 46.8 Å². The number of hydrogen-bond acceptors (Lipinski definition) is 0. The average Bonchev–Trinajstić information content (AvgIpc) is 2.05. The van der Waals surface area contributed by atoms with E-state index in [0.717, 1.165) is 0 Å². The predicted molar refractivity (Wildman–Crippen MR) is 59.6 cm³/mol. The van der Waals surface area contributed by atoms with Crippen LogP contribution in [0.5, 0.6) is 0 Å². The van der Waals surface area contributed by atoms with Crippen LogP contribution in [0.3, 0.4) is 0 Å². The molecule has 0 unspecified atom stereocenters. The van der Waals surface area contributed by atoms with E-state index in [0.29, 0.717) is 11.8 Å². The van der Waals surface area contributed by atoms with Gasteiger partial charge in [-0.15, -0.1) is 0 Å². The van der Waals surface area contributed by atoms with Crippen LogP contribution in [0.15, 0.2) is 24.3 Å². The van der Waals surface area contributed by atoms with Gasteiger partial charge in [-0.3, -0.25) is 0 Å². The third-order valence-corrected chi connectivity index (χ3v) is 1.40. The molecule has 0 nitrogen and oxygen atoms in total. The van der Waals surface area contributed by atoms with Crippen LogP contribution in [-0.2, 0) is 32.7 Å². The summed E-state index contributed by atoms with van der Waals surface area (Å²) in [5.41, 5.74) is 1.36. The second-order valence-corrected chi connectivity index (χ2v) is 3.89. The SMILES string of the molecule is CC(C)c1c[c-]ccc1.[CH2-]C(C)C.[Y]. The topological polar surface area (TPSA) is 0 Å². The van der Waals surface area contributed by atoms with E-state index in [-0.39, 0.29) is 32.7 Å². The first kappa shape index (κ1) is 16.7. The fourth-order valence-electron chi connectivity index (χ4n) is 0.766. The van der Waals surface area contributed by atoms with E-state index in [9.17, 15) is 0 Å². The summed E-state index contributed by atoms with van der Waals surface area (Å²) in [7, 11) is 0. The Morgan fingerprint density at radius 2 is 1.71 bits per heavy atom. The van der Waals surface area contributed by atoms with E-state index < -0.39 is 0 Å². The molecule has 1 aromatic carbocycles. The van der Waals surface area contributed by atoms with E-state index in [1.165, 1.54) is 5.56 Å². The van der Waals surface area contributed by atoms with Crippen molar-refractivity contribution in [2.75, 3.05) is 0 Å². The average molecular weight is 265 g/mol. The molecule has 0 heterocycles. The van der Waals surface area contributed by atoms with Crippen LogP contribution in [-0.4, -0.2) is 0 Å². The summed E-state index contributed by atoms with van der Waals surface area (Å²) in [4.78, 5) is 0. The van der Waals surface area contributed by atoms with Crippen LogP contribution < -0.4 is 0 Å². The molecule has 0 fully saturated rings. The summed E-state index contributed by atoms with van der Waals surface area (Å²) in [5.74, 6) is 1.21. The summed E-state index contributed by atoms with van der Waals surface area (Å²) in [5, 5.41) is 0. The predicted octanol–water partition coefficient (Wildman–Crippen LogP) is 4.08. The molecule has 77 valence electrons. The van der Waals surface area contributed by atoms with Crippen molar-refractivity contribution >= 4 is 0 Å². The maximum atomic E-state index is 3.64. The molecule has 0 aliphatic heterocycles. The Morgan fingerprint density at radius 1 is 1.21 bits per heavy atom. The van der Waals surface area contributed by atoms with Crippen LogP contribution >= 0.6 is 0 Å². The van der Waals surface area contributed by atoms with Crippen LogP contribution in [0.2, 0.25) is 0 Å². The van der Waals surface area contributed by atoms with Gasteiger partial charge >= 0.3 is 0 Å². The largest absolute Gasteiger partial charge is 0.341 e. The number of benzene rings is 1. The fourth-order valence-corrected chi connectivity index (χ4v) is 0.766. The van der Waals surface area contributed by atoms with Crippen molar-refractivity contribution in [3.05, 3.63) is 42.8 Å². The Bertz CT molecular complexity index is 199. The maximum Gasteiger partial charge on any atom is 0 e. The normalized spacial score (nSPS) is 9.07. The minimum atomic E-state index is 0. The van der Waals surface area contributed by atoms with Crippen molar-refractivity contribution in [2.45, 2.75) is 33.6 Å². The van der Waals surface area contributed by atoms with Gasteiger partial charge in [-0.25, -0.2) is 0 Å². The maximum absolute atomic E-state index is 3.64. The van der Waals surface area contributed by atoms with Gasteiger partial charge in [0, 0.05) is 32.7 Å². The van der Waals surface area contributed by atoms with Gasteiger partial charge in [0.2, 0.25) is 0 Å². The van der Waals surface area contributed by atoms with Crippen LogP contribution in [0.1, 0.15) is 39.2 Å². The molecule has 0 aromatic heterocycles. The Hall–Kier alpha value is 0.324. The Balaban J connectivity index is 0. The van der Waals surface area contributed by atoms with Crippen molar-refractivity contribution in [3.8, 4) is 0 Å². The van der Waals surface area contributed by atoms with Crippen molar-refractivity contribution in [1.29, 1.82) is 0 Å². The van der Waals surface area contributed by atoms with Gasteiger partial charge in [0.1, 0.15) is 0 Å². The van der Waals surface area contributed by atoms with Crippen molar-refractivity contribution < 1.29 is 32.7 Å². The van der Waals surface area contributed by atoms with Crippen molar-refractivity contribution in [1.82, 2.24) is 0 Å². The first-order valence-electron chi connectivity index (χ1n) is 4.83. The Labute approximate surface area is 114 Å². The zero-order valence-electron chi connectivity index (χ0n) is 9.75. The number of rotatable bonds is 1. The van der Waals surface area contributed by atoms with E-state index in [1.54, 1.807) is 0 Å². The second kappa shape index (κ2) is 9.86. The number of hydrogen-bond donors (Lipinski definition) is 0. The molecule has 14 heavy (non-hydrogen) atoms. The van der Waals surface area contributed by atoms with Crippen LogP contribution in [0.25, 0.3) is 0 Å². The minimum absolute atomic E-state index is 0. The summed E-state index contributed by atoms with van der Waals surface area (Å²) in [6.45, 7) is 12.1. The molecule has 1 heteroatoms. The van der Waals surface area contributed by atoms with Crippen LogP contribution in [0.4, 0.5) is 0 Å². The van der Waals surface area contributed by atoms with Crippen LogP contribution in [0, 0.1) is 18.9 Å². The molecule has 0 amide bonds. The Morgan fingerprint density at radius 3 is 1.93 bits per heavy atom. The van der Waals surface area contributed by atoms with Gasteiger partial charge in [-0.05, 0) is 0 Å². The van der Waals surface area contributed by atoms with Gasteiger partial charge in [0.15, 0.2) is 0 Å². The summed E-state index contributed by atoms with van der Waals surface area (Å²) in [6, 6.07) is 11.1. The molecule has 0 saturated heterocycles. The molecule has 0 aliphatic rings.